The molecule has 1 fully saturated rings. The van der Waals surface area contributed by atoms with E-state index in [1.165, 1.54) is 17.8 Å². The number of amides is 1. The van der Waals surface area contributed by atoms with E-state index in [2.05, 4.69) is 10.0 Å². The number of halogens is 3. The summed E-state index contributed by atoms with van der Waals surface area (Å²) < 4.78 is 75.5. The van der Waals surface area contributed by atoms with Crippen molar-refractivity contribution in [3.63, 3.8) is 0 Å². The first kappa shape index (κ1) is 20.7. The number of hydrogen-bond acceptors (Lipinski definition) is 5. The number of carbonyl (C=O) groups is 1. The average Bonchev–Trinajstić information content (AvgIpc) is 3.15. The zero-order chi connectivity index (χ0) is 21.8. The minimum atomic E-state index is -3.98. The number of carbonyl (C=O) groups excluding carboxylic acids is 1. The van der Waals surface area contributed by atoms with Crippen molar-refractivity contribution in [3.05, 3.63) is 41.5 Å². The number of ether oxygens (including phenoxy) is 1. The normalized spacial score (nSPS) is 23.1. The van der Waals surface area contributed by atoms with Gasteiger partial charge in [-0.05, 0) is 7.05 Å². The van der Waals surface area contributed by atoms with Gasteiger partial charge in [-0.2, -0.15) is 0 Å². The number of hydrogen-bond donors (Lipinski definition) is 2. The number of likely N-dealkylation sites (tertiary alicyclic amines) is 1. The van der Waals surface area contributed by atoms with Gasteiger partial charge in [0.15, 0.2) is 28.9 Å². The van der Waals surface area contributed by atoms with Gasteiger partial charge in [0, 0.05) is 56.1 Å². The fourth-order valence-electron chi connectivity index (χ4n) is 3.83. The summed E-state index contributed by atoms with van der Waals surface area (Å²) in [6, 6.07) is 0.929. The number of aryl methyl sites for hydroxylation is 1. The molecule has 1 aromatic heterocycles. The molecule has 1 aromatic carbocycles. The third-order valence-corrected chi connectivity index (χ3v) is 6.70. The lowest BCUT2D eigenvalue weighted by molar-refractivity contribution is 0.101. The molecule has 1 amide bonds. The van der Waals surface area contributed by atoms with Crippen LogP contribution in [0.4, 0.5) is 18.9 Å². The molecule has 162 valence electrons. The summed E-state index contributed by atoms with van der Waals surface area (Å²) in [6.45, 7) is 1.32. The highest BCUT2D eigenvalue weighted by atomic mass is 32.2. The number of nitrogens with one attached hydrogen (secondary N) is 2. The number of sulfonamides is 1. The zero-order valence-corrected chi connectivity index (χ0v) is 16.9. The van der Waals surface area contributed by atoms with Crippen LogP contribution in [0.5, 0.6) is 5.75 Å². The van der Waals surface area contributed by atoms with E-state index in [-0.39, 0.29) is 40.6 Å². The Morgan fingerprint density at radius 3 is 2.53 bits per heavy atom. The Morgan fingerprint density at radius 2 is 1.87 bits per heavy atom. The molecule has 0 bridgehead atoms. The van der Waals surface area contributed by atoms with Gasteiger partial charge < -0.3 is 19.5 Å². The molecule has 2 aliphatic heterocycles. The summed E-state index contributed by atoms with van der Waals surface area (Å²) in [7, 11) is -0.668. The van der Waals surface area contributed by atoms with Gasteiger partial charge in [0.1, 0.15) is 4.90 Å². The van der Waals surface area contributed by atoms with E-state index in [0.717, 1.165) is 0 Å². The molecule has 2 aromatic rings. The Labute approximate surface area is 170 Å². The van der Waals surface area contributed by atoms with Crippen LogP contribution in [-0.2, 0) is 17.1 Å². The van der Waals surface area contributed by atoms with Gasteiger partial charge in [-0.25, -0.2) is 26.3 Å². The topological polar surface area (TPSA) is 92.7 Å². The SMILES string of the molecule is CN1C[C@@H]2COc3c(cn(C)c3C(=O)Nc3cc(F)c(F)c(F)c3)S(=O)(=O)N[C@@H]2C1. The van der Waals surface area contributed by atoms with Crippen LogP contribution in [-0.4, -0.2) is 56.6 Å². The Morgan fingerprint density at radius 1 is 1.20 bits per heavy atom. The van der Waals surface area contributed by atoms with Crippen LogP contribution >= 0.6 is 0 Å². The van der Waals surface area contributed by atoms with E-state index >= 15 is 0 Å². The number of benzene rings is 1. The second-order valence-corrected chi connectivity index (χ2v) is 9.19. The molecule has 0 unspecified atom stereocenters. The lowest BCUT2D eigenvalue weighted by Crippen LogP contribution is -2.43. The van der Waals surface area contributed by atoms with E-state index in [1.807, 2.05) is 11.9 Å². The summed E-state index contributed by atoms with van der Waals surface area (Å²) >= 11 is 0. The summed E-state index contributed by atoms with van der Waals surface area (Å²) in [6.07, 6.45) is 1.23. The maximum Gasteiger partial charge on any atom is 0.276 e. The molecule has 2 N–H and O–H groups in total. The third kappa shape index (κ3) is 3.55. The van der Waals surface area contributed by atoms with Crippen LogP contribution in [0.25, 0.3) is 0 Å². The van der Waals surface area contributed by atoms with Crippen molar-refractivity contribution in [1.29, 1.82) is 0 Å². The second kappa shape index (κ2) is 7.29. The first-order valence-electron chi connectivity index (χ1n) is 9.05. The fourth-order valence-corrected chi connectivity index (χ4v) is 5.32. The highest BCUT2D eigenvalue weighted by Gasteiger charge is 2.40. The minimum Gasteiger partial charge on any atom is -0.489 e. The maximum absolute atomic E-state index is 13.5. The van der Waals surface area contributed by atoms with Crippen LogP contribution in [0.2, 0.25) is 0 Å². The molecule has 0 saturated carbocycles. The first-order chi connectivity index (χ1) is 14.1. The quantitative estimate of drug-likeness (QED) is 0.682. The van der Waals surface area contributed by atoms with Crippen molar-refractivity contribution in [2.75, 3.05) is 32.1 Å². The number of nitrogens with zero attached hydrogens (tertiary/aromatic N) is 2. The van der Waals surface area contributed by atoms with Crippen LogP contribution in [0, 0.1) is 23.4 Å². The summed E-state index contributed by atoms with van der Waals surface area (Å²) in [5.74, 6) is -5.72. The molecule has 0 radical (unpaired) electrons. The lowest BCUT2D eigenvalue weighted by atomic mass is 10.1. The molecule has 0 aliphatic carbocycles. The molecule has 1 saturated heterocycles. The predicted octanol–water partition coefficient (Wildman–Crippen LogP) is 1.30. The number of likely N-dealkylation sites (N-methyl/N-ethyl adjacent to an activating group) is 1. The monoisotopic (exact) mass is 444 g/mol. The standard InChI is InChI=1S/C18H19F3N4O4S/c1-24-5-9-8-29-17-14(30(27,28)23-13(9)6-24)7-25(2)16(17)18(26)22-10-3-11(19)15(21)12(20)4-10/h3-4,7,9,13,23H,5-6,8H2,1-2H3,(H,22,26)/t9-,13-/m1/s1. The molecule has 2 aliphatic rings. The Balaban J connectivity index is 1.70. The van der Waals surface area contributed by atoms with Crippen molar-refractivity contribution in [2.24, 2.45) is 13.0 Å². The molecule has 2 atom stereocenters. The van der Waals surface area contributed by atoms with Crippen LogP contribution in [0.3, 0.4) is 0 Å². The van der Waals surface area contributed by atoms with Crippen molar-refractivity contribution < 1.29 is 31.1 Å². The molecule has 0 spiro atoms. The van der Waals surface area contributed by atoms with Crippen molar-refractivity contribution in [3.8, 4) is 5.75 Å². The summed E-state index contributed by atoms with van der Waals surface area (Å²) in [4.78, 5) is 14.6. The largest absolute Gasteiger partial charge is 0.489 e. The molecule has 3 heterocycles. The lowest BCUT2D eigenvalue weighted by Gasteiger charge is -2.24. The van der Waals surface area contributed by atoms with Gasteiger partial charge in [-0.15, -0.1) is 0 Å². The van der Waals surface area contributed by atoms with E-state index in [9.17, 15) is 26.4 Å². The van der Waals surface area contributed by atoms with E-state index in [0.29, 0.717) is 25.2 Å². The highest BCUT2D eigenvalue weighted by molar-refractivity contribution is 7.89. The van der Waals surface area contributed by atoms with Gasteiger partial charge in [0.25, 0.3) is 5.91 Å². The first-order valence-corrected chi connectivity index (χ1v) is 10.5. The predicted molar refractivity (Wildman–Crippen MR) is 100 cm³/mol. The Kier molecular flexibility index (Phi) is 5.03. The number of anilines is 1. The van der Waals surface area contributed by atoms with E-state index < -0.39 is 33.4 Å². The minimum absolute atomic E-state index is 0.116. The third-order valence-electron chi connectivity index (χ3n) is 5.22. The van der Waals surface area contributed by atoms with Gasteiger partial charge in [0.05, 0.1) is 6.61 Å². The number of aromatic nitrogens is 1. The van der Waals surface area contributed by atoms with E-state index in [4.69, 9.17) is 4.74 Å². The van der Waals surface area contributed by atoms with Crippen molar-refractivity contribution in [1.82, 2.24) is 14.2 Å². The molecule has 8 nitrogen and oxygen atoms in total. The Hall–Kier alpha value is -2.57. The molecule has 4 rings (SSSR count). The van der Waals surface area contributed by atoms with Crippen LogP contribution in [0.15, 0.2) is 23.2 Å². The van der Waals surface area contributed by atoms with Crippen molar-refractivity contribution >= 4 is 21.6 Å². The molecular formula is C18H19F3N4O4S. The van der Waals surface area contributed by atoms with Crippen LogP contribution in [0.1, 0.15) is 10.5 Å². The summed E-state index contributed by atoms with van der Waals surface area (Å²) in [5, 5.41) is 2.25. The zero-order valence-electron chi connectivity index (χ0n) is 16.1. The van der Waals surface area contributed by atoms with Gasteiger partial charge >= 0.3 is 0 Å². The number of rotatable bonds is 2. The van der Waals surface area contributed by atoms with Gasteiger partial charge in [-0.1, -0.05) is 0 Å². The average molecular weight is 444 g/mol. The van der Waals surface area contributed by atoms with E-state index in [1.54, 1.807) is 0 Å². The number of fused-ring (bicyclic) bond motifs is 2. The van der Waals surface area contributed by atoms with Gasteiger partial charge in [0.2, 0.25) is 10.0 Å². The summed E-state index contributed by atoms with van der Waals surface area (Å²) in [5.41, 5.74) is -0.471. The Bertz CT molecular complexity index is 1110. The highest BCUT2D eigenvalue weighted by Crippen LogP contribution is 2.34. The maximum atomic E-state index is 13.5. The smallest absolute Gasteiger partial charge is 0.276 e. The molecule has 30 heavy (non-hydrogen) atoms. The molecular weight excluding hydrogens is 425 g/mol. The van der Waals surface area contributed by atoms with Crippen molar-refractivity contribution in [2.45, 2.75) is 10.9 Å². The fraction of sp³-hybridized carbons (Fsp3) is 0.389. The van der Waals surface area contributed by atoms with Crippen LogP contribution < -0.4 is 14.8 Å². The molecule has 12 heteroatoms. The second-order valence-electron chi connectivity index (χ2n) is 7.51. The van der Waals surface area contributed by atoms with Gasteiger partial charge in [-0.3, -0.25) is 4.79 Å².